The van der Waals surface area contributed by atoms with Gasteiger partial charge in [0.05, 0.1) is 0 Å². The number of carbonyl (C=O) groups excluding carboxylic acids is 3. The summed E-state index contributed by atoms with van der Waals surface area (Å²) in [5, 5.41) is 5.61. The Kier molecular flexibility index (Phi) is 7.70. The minimum Gasteiger partial charge on any atom is -0.427 e. The number of hydrogen-bond acceptors (Lipinski definition) is 4. The van der Waals surface area contributed by atoms with Crippen molar-refractivity contribution in [3.05, 3.63) is 95.3 Å². The zero-order valence-electron chi connectivity index (χ0n) is 17.6. The van der Waals surface area contributed by atoms with E-state index in [1.54, 1.807) is 54.6 Å². The van der Waals surface area contributed by atoms with Crippen molar-refractivity contribution in [2.45, 2.75) is 26.3 Å². The molecule has 0 atom stereocenters. The van der Waals surface area contributed by atoms with E-state index in [-0.39, 0.29) is 24.1 Å². The van der Waals surface area contributed by atoms with E-state index in [1.165, 1.54) is 25.1 Å². The predicted octanol–water partition coefficient (Wildman–Crippen LogP) is 4.25. The average molecular weight is 434 g/mol. The number of rotatable bonds is 8. The second-order valence-corrected chi connectivity index (χ2v) is 7.18. The first kappa shape index (κ1) is 22.7. The highest BCUT2D eigenvalue weighted by molar-refractivity contribution is 5.94. The Hall–Kier alpha value is -4.00. The molecule has 2 N–H and O–H groups in total. The molecule has 0 aliphatic rings. The number of amides is 2. The number of ether oxygens (including phenoxy) is 1. The molecule has 7 heteroatoms. The molecule has 0 radical (unpaired) electrons. The van der Waals surface area contributed by atoms with Gasteiger partial charge in [0.25, 0.3) is 5.91 Å². The molecule has 3 aromatic carbocycles. The smallest absolute Gasteiger partial charge is 0.308 e. The number of aryl methyl sites for hydroxylation is 1. The van der Waals surface area contributed by atoms with Crippen LogP contribution in [0, 0.1) is 5.82 Å². The molecule has 3 aromatic rings. The van der Waals surface area contributed by atoms with E-state index in [2.05, 4.69) is 10.6 Å². The third kappa shape index (κ3) is 7.05. The van der Waals surface area contributed by atoms with Gasteiger partial charge in [-0.1, -0.05) is 30.3 Å². The molecule has 0 aliphatic carbocycles. The normalized spacial score (nSPS) is 10.3. The van der Waals surface area contributed by atoms with Crippen LogP contribution in [0.5, 0.6) is 5.75 Å². The summed E-state index contributed by atoms with van der Waals surface area (Å²) in [5.41, 5.74) is 2.64. The highest BCUT2D eigenvalue weighted by Gasteiger charge is 2.08. The van der Waals surface area contributed by atoms with Crippen LogP contribution in [-0.4, -0.2) is 17.8 Å². The molecular weight excluding hydrogens is 411 g/mol. The van der Waals surface area contributed by atoms with Crippen LogP contribution in [0.3, 0.4) is 0 Å². The van der Waals surface area contributed by atoms with Crippen LogP contribution < -0.4 is 15.4 Å². The van der Waals surface area contributed by atoms with Gasteiger partial charge >= 0.3 is 5.97 Å². The molecular formula is C25H23FN2O4. The highest BCUT2D eigenvalue weighted by atomic mass is 19.1. The van der Waals surface area contributed by atoms with Crippen LogP contribution in [0.4, 0.5) is 10.1 Å². The summed E-state index contributed by atoms with van der Waals surface area (Å²) in [5.74, 6) is -0.925. The molecule has 0 saturated heterocycles. The van der Waals surface area contributed by atoms with Crippen LogP contribution in [0.15, 0.2) is 72.8 Å². The van der Waals surface area contributed by atoms with E-state index >= 15 is 0 Å². The lowest BCUT2D eigenvalue weighted by Crippen LogP contribution is -2.22. The van der Waals surface area contributed by atoms with Crippen molar-refractivity contribution in [2.75, 3.05) is 5.32 Å². The number of carbonyl (C=O) groups is 3. The lowest BCUT2D eigenvalue weighted by atomic mass is 10.1. The quantitative estimate of drug-likeness (QED) is 0.410. The maximum absolute atomic E-state index is 13.2. The molecule has 2 amide bonds. The van der Waals surface area contributed by atoms with Crippen molar-refractivity contribution in [3.63, 3.8) is 0 Å². The molecule has 0 saturated carbocycles. The number of benzene rings is 3. The Morgan fingerprint density at radius 1 is 0.906 bits per heavy atom. The molecule has 0 fully saturated rings. The highest BCUT2D eigenvalue weighted by Crippen LogP contribution is 2.15. The first-order valence-electron chi connectivity index (χ1n) is 10.1. The monoisotopic (exact) mass is 434 g/mol. The minimum atomic E-state index is -0.455. The van der Waals surface area contributed by atoms with Gasteiger partial charge in [-0.2, -0.15) is 0 Å². The largest absolute Gasteiger partial charge is 0.427 e. The van der Waals surface area contributed by atoms with E-state index in [9.17, 15) is 18.8 Å². The number of esters is 1. The van der Waals surface area contributed by atoms with E-state index in [4.69, 9.17) is 4.74 Å². The van der Waals surface area contributed by atoms with Gasteiger partial charge in [-0.25, -0.2) is 4.39 Å². The zero-order chi connectivity index (χ0) is 22.9. The fourth-order valence-electron chi connectivity index (χ4n) is 3.03. The third-order valence-electron chi connectivity index (χ3n) is 4.58. The molecule has 0 aromatic heterocycles. The van der Waals surface area contributed by atoms with Gasteiger partial charge in [0.2, 0.25) is 5.91 Å². The van der Waals surface area contributed by atoms with Crippen molar-refractivity contribution < 1.29 is 23.5 Å². The van der Waals surface area contributed by atoms with Gasteiger partial charge in [0.15, 0.2) is 0 Å². The van der Waals surface area contributed by atoms with Crippen LogP contribution in [-0.2, 0) is 22.6 Å². The van der Waals surface area contributed by atoms with Gasteiger partial charge in [-0.3, -0.25) is 14.4 Å². The first-order chi connectivity index (χ1) is 15.4. The standard InChI is InChI=1S/C25H23FN2O4/c1-17(29)32-23-7-3-5-20(15-23)25(31)27-16-19-8-11-22(12-9-19)28-24(30)13-10-18-4-2-6-21(26)14-18/h2-9,11-12,14-15H,10,13,16H2,1H3,(H,27,31)(H,28,30). The molecule has 32 heavy (non-hydrogen) atoms. The van der Waals surface area contributed by atoms with Gasteiger partial charge < -0.3 is 15.4 Å². The average Bonchev–Trinajstić information content (AvgIpc) is 2.77. The maximum atomic E-state index is 13.2. The number of halogens is 1. The predicted molar refractivity (Wildman–Crippen MR) is 119 cm³/mol. The second-order valence-electron chi connectivity index (χ2n) is 7.18. The summed E-state index contributed by atoms with van der Waals surface area (Å²) in [6.07, 6.45) is 0.694. The molecule has 164 valence electrons. The summed E-state index contributed by atoms with van der Waals surface area (Å²) < 4.78 is 18.2. The van der Waals surface area contributed by atoms with Crippen LogP contribution in [0.2, 0.25) is 0 Å². The molecule has 3 rings (SSSR count). The molecule has 0 spiro atoms. The van der Waals surface area contributed by atoms with Crippen LogP contribution >= 0.6 is 0 Å². The van der Waals surface area contributed by atoms with E-state index in [0.717, 1.165) is 11.1 Å². The van der Waals surface area contributed by atoms with Crippen LogP contribution in [0.1, 0.15) is 34.8 Å². The van der Waals surface area contributed by atoms with Gasteiger partial charge in [-0.15, -0.1) is 0 Å². The van der Waals surface area contributed by atoms with Crippen molar-refractivity contribution in [2.24, 2.45) is 0 Å². The topological polar surface area (TPSA) is 84.5 Å². The van der Waals surface area contributed by atoms with E-state index in [1.807, 2.05) is 0 Å². The Balaban J connectivity index is 1.47. The molecule has 6 nitrogen and oxygen atoms in total. The van der Waals surface area contributed by atoms with Gasteiger partial charge in [-0.05, 0) is 60.0 Å². The number of anilines is 1. The summed E-state index contributed by atoms with van der Waals surface area (Å²) in [7, 11) is 0. The zero-order valence-corrected chi connectivity index (χ0v) is 17.6. The summed E-state index contributed by atoms with van der Waals surface area (Å²) >= 11 is 0. The van der Waals surface area contributed by atoms with Gasteiger partial charge in [0.1, 0.15) is 11.6 Å². The van der Waals surface area contributed by atoms with Crippen molar-refractivity contribution >= 4 is 23.5 Å². The first-order valence-corrected chi connectivity index (χ1v) is 10.1. The summed E-state index contributed by atoms with van der Waals surface area (Å²) in [6.45, 7) is 1.59. The molecule has 0 heterocycles. The summed E-state index contributed by atoms with van der Waals surface area (Å²) in [6, 6.07) is 19.7. The Morgan fingerprint density at radius 3 is 2.38 bits per heavy atom. The SMILES string of the molecule is CC(=O)Oc1cccc(C(=O)NCc2ccc(NC(=O)CCc3cccc(F)c3)cc2)c1. The van der Waals surface area contributed by atoms with Crippen LogP contribution in [0.25, 0.3) is 0 Å². The Labute approximate surface area is 185 Å². The Bertz CT molecular complexity index is 1110. The fraction of sp³-hybridized carbons (Fsp3) is 0.160. The maximum Gasteiger partial charge on any atom is 0.308 e. The van der Waals surface area contributed by atoms with Gasteiger partial charge in [0, 0.05) is 31.1 Å². The number of nitrogens with one attached hydrogen (secondary N) is 2. The minimum absolute atomic E-state index is 0.164. The third-order valence-corrected chi connectivity index (χ3v) is 4.58. The lowest BCUT2D eigenvalue weighted by Gasteiger charge is -2.09. The Morgan fingerprint density at radius 2 is 1.66 bits per heavy atom. The van der Waals surface area contributed by atoms with Crippen molar-refractivity contribution in [1.82, 2.24) is 5.32 Å². The molecule has 0 bridgehead atoms. The second kappa shape index (κ2) is 10.9. The lowest BCUT2D eigenvalue weighted by molar-refractivity contribution is -0.131. The summed E-state index contributed by atoms with van der Waals surface area (Å²) in [4.78, 5) is 35.5. The fourth-order valence-corrected chi connectivity index (χ4v) is 3.03. The van der Waals surface area contributed by atoms with E-state index < -0.39 is 5.97 Å². The van der Waals surface area contributed by atoms with Crippen molar-refractivity contribution in [1.29, 1.82) is 0 Å². The molecule has 0 unspecified atom stereocenters. The van der Waals surface area contributed by atoms with Crippen molar-refractivity contribution in [3.8, 4) is 5.75 Å². The number of hydrogen-bond donors (Lipinski definition) is 2. The molecule has 0 aliphatic heterocycles. The van der Waals surface area contributed by atoms with E-state index in [0.29, 0.717) is 30.0 Å².